The highest BCUT2D eigenvalue weighted by molar-refractivity contribution is 6.39. The Morgan fingerprint density at radius 3 is 2.41 bits per heavy atom. The number of hydrogen-bond acceptors (Lipinski definition) is 4. The number of halogens is 2. The molecule has 0 saturated carbocycles. The van der Waals surface area contributed by atoms with E-state index in [4.69, 9.17) is 33.4 Å². The minimum atomic E-state index is -0.368. The smallest absolute Gasteiger partial charge is 0.228 e. The molecule has 0 aliphatic heterocycles. The van der Waals surface area contributed by atoms with Gasteiger partial charge in [0.2, 0.25) is 5.78 Å². The average molecular weight is 334 g/mol. The summed E-state index contributed by atoms with van der Waals surface area (Å²) >= 11 is 11.9. The highest BCUT2D eigenvalue weighted by Crippen LogP contribution is 2.30. The zero-order valence-electron chi connectivity index (χ0n) is 11.1. The van der Waals surface area contributed by atoms with Crippen molar-refractivity contribution in [2.45, 2.75) is 0 Å². The molecule has 0 saturated heterocycles. The summed E-state index contributed by atoms with van der Waals surface area (Å²) in [4.78, 5) is 23.2. The van der Waals surface area contributed by atoms with Gasteiger partial charge in [0.15, 0.2) is 5.76 Å². The van der Waals surface area contributed by atoms with Gasteiger partial charge in [0.05, 0.1) is 15.7 Å². The van der Waals surface area contributed by atoms with E-state index in [1.165, 1.54) is 12.1 Å². The van der Waals surface area contributed by atoms with E-state index >= 15 is 0 Å². The van der Waals surface area contributed by atoms with Gasteiger partial charge in [-0.25, -0.2) is 0 Å². The molecule has 110 valence electrons. The highest BCUT2D eigenvalue weighted by atomic mass is 35.5. The van der Waals surface area contributed by atoms with E-state index in [0.717, 1.165) is 6.29 Å². The number of anilines is 1. The van der Waals surface area contributed by atoms with Crippen LogP contribution in [0.5, 0.6) is 0 Å². The summed E-state index contributed by atoms with van der Waals surface area (Å²) in [6, 6.07) is 9.35. The van der Waals surface area contributed by atoms with E-state index < -0.39 is 0 Å². The van der Waals surface area contributed by atoms with Gasteiger partial charge in [0.25, 0.3) is 0 Å². The van der Waals surface area contributed by atoms with Crippen molar-refractivity contribution in [1.29, 1.82) is 0 Å². The van der Waals surface area contributed by atoms with Gasteiger partial charge in [-0.15, -0.1) is 0 Å². The molecule has 1 aromatic heterocycles. The minimum Gasteiger partial charge on any atom is -0.453 e. The van der Waals surface area contributed by atoms with Crippen molar-refractivity contribution in [3.05, 3.63) is 63.3 Å². The maximum absolute atomic E-state index is 12.5. The second-order valence-corrected chi connectivity index (χ2v) is 5.52. The number of nitrogens with two attached hydrogens (primary N) is 1. The highest BCUT2D eigenvalue weighted by Gasteiger charge is 2.17. The third kappa shape index (κ3) is 2.47. The molecule has 0 radical (unpaired) electrons. The molecule has 3 rings (SSSR count). The lowest BCUT2D eigenvalue weighted by Crippen LogP contribution is -2.01. The molecule has 0 spiro atoms. The zero-order valence-corrected chi connectivity index (χ0v) is 12.6. The first-order valence-corrected chi connectivity index (χ1v) is 7.03. The van der Waals surface area contributed by atoms with E-state index in [1.54, 1.807) is 24.3 Å². The second-order valence-electron chi connectivity index (χ2n) is 4.71. The molecule has 4 nitrogen and oxygen atoms in total. The summed E-state index contributed by atoms with van der Waals surface area (Å²) in [5, 5.41) is 1.07. The lowest BCUT2D eigenvalue weighted by molar-refractivity contribution is 0.101. The number of furan rings is 1. The summed E-state index contributed by atoms with van der Waals surface area (Å²) < 4.78 is 5.51. The molecule has 6 heteroatoms. The van der Waals surface area contributed by atoms with Crippen LogP contribution in [0.2, 0.25) is 10.0 Å². The summed E-state index contributed by atoms with van der Waals surface area (Å²) in [6.07, 6.45) is 0.730. The van der Waals surface area contributed by atoms with Gasteiger partial charge in [0.1, 0.15) is 11.9 Å². The predicted octanol–water partition coefficient (Wildman–Crippen LogP) is 4.37. The molecule has 1 heterocycles. The van der Waals surface area contributed by atoms with Gasteiger partial charge < -0.3 is 10.2 Å². The maximum atomic E-state index is 12.5. The Morgan fingerprint density at radius 2 is 1.77 bits per heavy atom. The van der Waals surface area contributed by atoms with Gasteiger partial charge in [0, 0.05) is 16.5 Å². The van der Waals surface area contributed by atoms with Crippen molar-refractivity contribution in [2.24, 2.45) is 0 Å². The number of rotatable bonds is 3. The van der Waals surface area contributed by atoms with Crippen LogP contribution in [0.3, 0.4) is 0 Å². The van der Waals surface area contributed by atoms with E-state index in [2.05, 4.69) is 0 Å². The lowest BCUT2D eigenvalue weighted by Gasteiger charge is -2.04. The number of aldehydes is 1. The Bertz CT molecular complexity index is 892. The van der Waals surface area contributed by atoms with Crippen LogP contribution in [-0.4, -0.2) is 12.1 Å². The van der Waals surface area contributed by atoms with E-state index in [0.29, 0.717) is 16.5 Å². The SMILES string of the molecule is Nc1c(Cl)cc(C(=O)c2cc3cc(C=O)ccc3o2)cc1Cl. The molecule has 0 amide bonds. The van der Waals surface area contributed by atoms with Gasteiger partial charge in [-0.1, -0.05) is 23.2 Å². The van der Waals surface area contributed by atoms with Crippen molar-refractivity contribution in [3.8, 4) is 0 Å². The number of fused-ring (bicyclic) bond motifs is 1. The third-order valence-corrected chi connectivity index (χ3v) is 3.87. The first kappa shape index (κ1) is 14.6. The fourth-order valence-corrected chi connectivity index (χ4v) is 2.59. The number of hydrogen-bond donors (Lipinski definition) is 1. The maximum Gasteiger partial charge on any atom is 0.228 e. The average Bonchev–Trinajstić information content (AvgIpc) is 2.94. The van der Waals surface area contributed by atoms with Crippen molar-refractivity contribution in [1.82, 2.24) is 0 Å². The Labute approximate surface area is 135 Å². The van der Waals surface area contributed by atoms with Crippen LogP contribution in [0.15, 0.2) is 40.8 Å². The summed E-state index contributed by atoms with van der Waals surface area (Å²) in [5.74, 6) is -0.234. The third-order valence-electron chi connectivity index (χ3n) is 3.24. The molecule has 3 aromatic rings. The number of carbonyl (C=O) groups excluding carboxylic acids is 2. The lowest BCUT2D eigenvalue weighted by atomic mass is 10.1. The minimum absolute atomic E-state index is 0.134. The van der Waals surface area contributed by atoms with Crippen LogP contribution in [0, 0.1) is 0 Å². The standard InChI is InChI=1S/C16H9Cl2NO3/c17-11-4-10(5-12(18)15(11)19)16(21)14-6-9-3-8(7-20)1-2-13(9)22-14/h1-7H,19H2. The van der Waals surface area contributed by atoms with Crippen molar-refractivity contribution < 1.29 is 14.0 Å². The molecule has 2 aromatic carbocycles. The van der Waals surface area contributed by atoms with Crippen molar-refractivity contribution in [2.75, 3.05) is 5.73 Å². The number of benzene rings is 2. The monoisotopic (exact) mass is 333 g/mol. The van der Waals surface area contributed by atoms with Gasteiger partial charge in [-0.2, -0.15) is 0 Å². The quantitative estimate of drug-likeness (QED) is 0.439. The first-order valence-electron chi connectivity index (χ1n) is 6.27. The predicted molar refractivity (Wildman–Crippen MR) is 85.9 cm³/mol. The van der Waals surface area contributed by atoms with Crippen LogP contribution in [0.25, 0.3) is 11.0 Å². The van der Waals surface area contributed by atoms with Gasteiger partial charge in [-0.3, -0.25) is 9.59 Å². The fraction of sp³-hybridized carbons (Fsp3) is 0. The number of nitrogen functional groups attached to an aromatic ring is 1. The Morgan fingerprint density at radius 1 is 1.09 bits per heavy atom. The molecule has 2 N–H and O–H groups in total. The van der Waals surface area contributed by atoms with Crippen LogP contribution < -0.4 is 5.73 Å². The van der Waals surface area contributed by atoms with Crippen molar-refractivity contribution in [3.63, 3.8) is 0 Å². The van der Waals surface area contributed by atoms with Crippen LogP contribution in [0.1, 0.15) is 26.5 Å². The van der Waals surface area contributed by atoms with Gasteiger partial charge >= 0.3 is 0 Å². The molecule has 0 aliphatic rings. The Balaban J connectivity index is 2.07. The summed E-state index contributed by atoms with van der Waals surface area (Å²) in [6.45, 7) is 0. The number of carbonyl (C=O) groups is 2. The largest absolute Gasteiger partial charge is 0.453 e. The van der Waals surface area contributed by atoms with E-state index in [1.807, 2.05) is 0 Å². The van der Waals surface area contributed by atoms with E-state index in [9.17, 15) is 9.59 Å². The van der Waals surface area contributed by atoms with Crippen LogP contribution >= 0.6 is 23.2 Å². The molecule has 0 unspecified atom stereocenters. The van der Waals surface area contributed by atoms with Gasteiger partial charge in [-0.05, 0) is 36.4 Å². The first-order chi connectivity index (χ1) is 10.5. The zero-order chi connectivity index (χ0) is 15.9. The second kappa shape index (κ2) is 5.48. The van der Waals surface area contributed by atoms with Crippen LogP contribution in [-0.2, 0) is 0 Å². The molecule has 0 atom stereocenters. The molecule has 22 heavy (non-hydrogen) atoms. The van der Waals surface area contributed by atoms with Crippen LogP contribution in [0.4, 0.5) is 5.69 Å². The Kier molecular flexibility index (Phi) is 3.64. The fourth-order valence-electron chi connectivity index (χ4n) is 2.10. The molecule has 0 fully saturated rings. The normalized spacial score (nSPS) is 10.8. The summed E-state index contributed by atoms with van der Waals surface area (Å²) in [7, 11) is 0. The molecule has 0 aliphatic carbocycles. The van der Waals surface area contributed by atoms with E-state index in [-0.39, 0.29) is 32.8 Å². The molecule has 0 bridgehead atoms. The van der Waals surface area contributed by atoms with Crippen molar-refractivity contribution >= 4 is 51.9 Å². The Hall–Kier alpha value is -2.30. The molecular formula is C16H9Cl2NO3. The number of ketones is 1. The molecular weight excluding hydrogens is 325 g/mol. The topological polar surface area (TPSA) is 73.3 Å². The summed E-state index contributed by atoms with van der Waals surface area (Å²) in [5.41, 5.74) is 7.17.